The van der Waals surface area contributed by atoms with Gasteiger partial charge in [-0.05, 0) is 71.7 Å². The Morgan fingerprint density at radius 2 is 1.84 bits per heavy atom. The molecule has 0 aliphatic carbocycles. The van der Waals surface area contributed by atoms with Crippen LogP contribution >= 0.6 is 39.1 Å². The summed E-state index contributed by atoms with van der Waals surface area (Å²) in [5.74, 6) is -0.641. The molecule has 10 heteroatoms. The van der Waals surface area contributed by atoms with Gasteiger partial charge < -0.3 is 9.88 Å². The minimum absolute atomic E-state index is 0.125. The summed E-state index contributed by atoms with van der Waals surface area (Å²) in [5.41, 5.74) is 3.14. The molecule has 0 unspecified atom stereocenters. The Morgan fingerprint density at radius 3 is 2.41 bits per heavy atom. The number of aromatic nitrogens is 1. The average molecular weight is 534 g/mol. The van der Waals surface area contributed by atoms with Crippen LogP contribution in [0.2, 0.25) is 10.0 Å². The molecule has 3 rings (SSSR count). The van der Waals surface area contributed by atoms with Crippen LogP contribution in [-0.2, 0) is 4.79 Å². The number of nitro benzene ring substituents is 1. The number of anilines is 1. The summed E-state index contributed by atoms with van der Waals surface area (Å²) < 4.78 is 2.25. The standard InChI is InChI=1S/C22H15BrCl2N4O3/c1-12-5-14(13(2)28(12)19-8-16(24)7-17(25)9-19)6-15(11-26)22(30)27-21-4-3-18(29(31)32)10-20(21)23/h3-10H,1-2H3,(H,27,30). The highest BCUT2D eigenvalue weighted by Gasteiger charge is 2.16. The molecule has 0 atom stereocenters. The molecule has 7 nitrogen and oxygen atoms in total. The SMILES string of the molecule is Cc1cc(C=C(C#N)C(=O)Nc2ccc([N+](=O)[O-])cc2Br)c(C)n1-c1cc(Cl)cc(Cl)c1. The second kappa shape index (κ2) is 9.57. The summed E-state index contributed by atoms with van der Waals surface area (Å²) in [5, 5.41) is 24.0. The number of carbonyl (C=O) groups excluding carboxylic acids is 1. The fourth-order valence-electron chi connectivity index (χ4n) is 3.21. The Balaban J connectivity index is 1.94. The quantitative estimate of drug-likeness (QED) is 0.172. The highest BCUT2D eigenvalue weighted by molar-refractivity contribution is 9.10. The average Bonchev–Trinajstić information content (AvgIpc) is 2.99. The van der Waals surface area contributed by atoms with Crippen LogP contribution in [0.1, 0.15) is 17.0 Å². The summed E-state index contributed by atoms with van der Waals surface area (Å²) in [6, 6.07) is 12.9. The minimum Gasteiger partial charge on any atom is -0.320 e. The second-order valence-electron chi connectivity index (χ2n) is 6.83. The first-order valence-electron chi connectivity index (χ1n) is 9.13. The number of halogens is 3. The van der Waals surface area contributed by atoms with Gasteiger partial charge in [-0.15, -0.1) is 0 Å². The van der Waals surface area contributed by atoms with E-state index in [9.17, 15) is 20.2 Å². The van der Waals surface area contributed by atoms with Gasteiger partial charge in [0, 0.05) is 43.7 Å². The number of carbonyl (C=O) groups is 1. The zero-order valence-electron chi connectivity index (χ0n) is 16.8. The number of aryl methyl sites for hydroxylation is 1. The molecule has 162 valence electrons. The number of rotatable bonds is 5. The third-order valence-electron chi connectivity index (χ3n) is 4.65. The number of amides is 1. The summed E-state index contributed by atoms with van der Waals surface area (Å²) in [4.78, 5) is 23.0. The van der Waals surface area contributed by atoms with Gasteiger partial charge in [0.1, 0.15) is 11.6 Å². The van der Waals surface area contributed by atoms with Gasteiger partial charge in [0.2, 0.25) is 0 Å². The van der Waals surface area contributed by atoms with Crippen molar-refractivity contribution in [1.29, 1.82) is 5.26 Å². The van der Waals surface area contributed by atoms with Gasteiger partial charge >= 0.3 is 0 Å². The van der Waals surface area contributed by atoms with E-state index in [1.165, 1.54) is 24.3 Å². The highest BCUT2D eigenvalue weighted by Crippen LogP contribution is 2.29. The maximum absolute atomic E-state index is 12.7. The van der Waals surface area contributed by atoms with Crippen molar-refractivity contribution in [1.82, 2.24) is 4.57 Å². The lowest BCUT2D eigenvalue weighted by Gasteiger charge is -2.11. The van der Waals surface area contributed by atoms with Gasteiger partial charge in [0.25, 0.3) is 11.6 Å². The Bertz CT molecular complexity index is 1310. The fraction of sp³-hybridized carbons (Fsp3) is 0.0909. The molecular formula is C22H15BrCl2N4O3. The first-order chi connectivity index (χ1) is 15.1. The molecule has 2 aromatic carbocycles. The maximum Gasteiger partial charge on any atom is 0.270 e. The summed E-state index contributed by atoms with van der Waals surface area (Å²) in [6.07, 6.45) is 1.49. The largest absolute Gasteiger partial charge is 0.320 e. The van der Waals surface area contributed by atoms with Crippen LogP contribution in [0.4, 0.5) is 11.4 Å². The van der Waals surface area contributed by atoms with Crippen LogP contribution in [0.5, 0.6) is 0 Å². The van der Waals surface area contributed by atoms with Crippen LogP contribution in [-0.4, -0.2) is 15.4 Å². The molecule has 1 N–H and O–H groups in total. The molecule has 1 heterocycles. The van der Waals surface area contributed by atoms with E-state index in [1.807, 2.05) is 30.6 Å². The molecule has 0 saturated heterocycles. The van der Waals surface area contributed by atoms with Gasteiger partial charge in [-0.3, -0.25) is 14.9 Å². The van der Waals surface area contributed by atoms with Crippen LogP contribution in [0.15, 0.2) is 52.5 Å². The van der Waals surface area contributed by atoms with E-state index in [1.54, 1.807) is 18.2 Å². The van der Waals surface area contributed by atoms with Crippen molar-refractivity contribution >= 4 is 62.5 Å². The zero-order chi connectivity index (χ0) is 23.6. The van der Waals surface area contributed by atoms with Crippen LogP contribution in [0, 0.1) is 35.3 Å². The van der Waals surface area contributed by atoms with Crippen LogP contribution in [0.3, 0.4) is 0 Å². The maximum atomic E-state index is 12.7. The van der Waals surface area contributed by atoms with Gasteiger partial charge in [-0.25, -0.2) is 0 Å². The van der Waals surface area contributed by atoms with E-state index in [2.05, 4.69) is 21.2 Å². The van der Waals surface area contributed by atoms with Crippen molar-refractivity contribution in [2.24, 2.45) is 0 Å². The summed E-state index contributed by atoms with van der Waals surface area (Å²) in [7, 11) is 0. The molecule has 0 saturated carbocycles. The minimum atomic E-state index is -0.641. The third-order valence-corrected chi connectivity index (χ3v) is 5.74. The first kappa shape index (κ1) is 23.5. The van der Waals surface area contributed by atoms with Gasteiger partial charge in [0.15, 0.2) is 0 Å². The molecule has 1 aromatic heterocycles. The summed E-state index contributed by atoms with van der Waals surface area (Å²) in [6.45, 7) is 3.74. The molecule has 1 amide bonds. The number of non-ortho nitro benzene ring substituents is 1. The Morgan fingerprint density at radius 1 is 1.19 bits per heavy atom. The predicted octanol–water partition coefficient (Wildman–Crippen LogP) is 6.62. The van der Waals surface area contributed by atoms with Crippen LogP contribution < -0.4 is 5.32 Å². The van der Waals surface area contributed by atoms with Crippen LogP contribution in [0.25, 0.3) is 11.8 Å². The van der Waals surface area contributed by atoms with E-state index in [0.717, 1.165) is 17.1 Å². The first-order valence-corrected chi connectivity index (χ1v) is 10.7. The number of hydrogen-bond acceptors (Lipinski definition) is 4. The molecule has 0 radical (unpaired) electrons. The van der Waals surface area contributed by atoms with E-state index >= 15 is 0 Å². The van der Waals surface area contributed by atoms with Crippen molar-refractivity contribution < 1.29 is 9.72 Å². The number of nitro groups is 1. The van der Waals surface area contributed by atoms with E-state index < -0.39 is 10.8 Å². The van der Waals surface area contributed by atoms with Crippen molar-refractivity contribution in [3.05, 3.63) is 89.6 Å². The zero-order valence-corrected chi connectivity index (χ0v) is 19.9. The Kier molecular flexibility index (Phi) is 7.04. The molecule has 32 heavy (non-hydrogen) atoms. The topological polar surface area (TPSA) is 101 Å². The molecule has 0 fully saturated rings. The number of hydrogen-bond donors (Lipinski definition) is 1. The highest BCUT2D eigenvalue weighted by atomic mass is 79.9. The predicted molar refractivity (Wildman–Crippen MR) is 128 cm³/mol. The molecule has 3 aromatic rings. The molecule has 0 aliphatic heterocycles. The monoisotopic (exact) mass is 532 g/mol. The van der Waals surface area contributed by atoms with E-state index in [4.69, 9.17) is 23.2 Å². The summed E-state index contributed by atoms with van der Waals surface area (Å²) >= 11 is 15.5. The van der Waals surface area contributed by atoms with Gasteiger partial charge in [0.05, 0.1) is 10.6 Å². The van der Waals surface area contributed by atoms with E-state index in [0.29, 0.717) is 25.8 Å². The van der Waals surface area contributed by atoms with Gasteiger partial charge in [-0.2, -0.15) is 5.26 Å². The molecule has 0 aliphatic rings. The molecule has 0 bridgehead atoms. The smallest absolute Gasteiger partial charge is 0.270 e. The molecule has 0 spiro atoms. The number of nitrogens with zero attached hydrogens (tertiary/aromatic N) is 3. The second-order valence-corrected chi connectivity index (χ2v) is 8.56. The van der Waals surface area contributed by atoms with Crippen molar-refractivity contribution in [2.45, 2.75) is 13.8 Å². The fourth-order valence-corrected chi connectivity index (χ4v) is 4.19. The number of nitriles is 1. The Labute approximate surface area is 202 Å². The van der Waals surface area contributed by atoms with Gasteiger partial charge in [-0.1, -0.05) is 23.2 Å². The van der Waals surface area contributed by atoms with Crippen molar-refractivity contribution in [3.63, 3.8) is 0 Å². The number of benzene rings is 2. The molecular weight excluding hydrogens is 519 g/mol. The Hall–Kier alpha value is -3.12. The van der Waals surface area contributed by atoms with Crippen molar-refractivity contribution in [3.8, 4) is 11.8 Å². The lowest BCUT2D eigenvalue weighted by molar-refractivity contribution is -0.384. The lowest BCUT2D eigenvalue weighted by atomic mass is 10.1. The van der Waals surface area contributed by atoms with E-state index in [-0.39, 0.29) is 11.3 Å². The normalized spacial score (nSPS) is 11.2. The van der Waals surface area contributed by atoms with Crippen molar-refractivity contribution in [2.75, 3.05) is 5.32 Å². The lowest BCUT2D eigenvalue weighted by Crippen LogP contribution is -2.14. The third kappa shape index (κ3) is 5.02. The number of nitrogens with one attached hydrogen (secondary N) is 1.